The van der Waals surface area contributed by atoms with Crippen molar-refractivity contribution in [3.63, 3.8) is 0 Å². The van der Waals surface area contributed by atoms with Gasteiger partial charge in [-0.15, -0.1) is 0 Å². The van der Waals surface area contributed by atoms with Crippen molar-refractivity contribution in [2.24, 2.45) is 5.92 Å². The van der Waals surface area contributed by atoms with Crippen LogP contribution in [0.2, 0.25) is 0 Å². The molecule has 1 unspecified atom stereocenters. The smallest absolute Gasteiger partial charge is 0.121 e. The Morgan fingerprint density at radius 1 is 1.56 bits per heavy atom. The number of rotatable bonds is 4. The molecular weight excluding hydrogens is 264 g/mol. The summed E-state index contributed by atoms with van der Waals surface area (Å²) in [7, 11) is 0. The van der Waals surface area contributed by atoms with E-state index in [4.69, 9.17) is 5.26 Å². The predicted molar refractivity (Wildman–Crippen MR) is 68.0 cm³/mol. The van der Waals surface area contributed by atoms with Crippen molar-refractivity contribution >= 4 is 15.9 Å². The summed E-state index contributed by atoms with van der Waals surface area (Å²) in [6.45, 7) is 3.01. The number of nitrogens with one attached hydrogen (secondary N) is 1. The molecule has 2 rings (SSSR count). The molecule has 3 heteroatoms. The lowest BCUT2D eigenvalue weighted by Gasteiger charge is -2.12. The molecule has 0 spiro atoms. The van der Waals surface area contributed by atoms with E-state index in [-0.39, 0.29) is 6.04 Å². The Morgan fingerprint density at radius 2 is 2.31 bits per heavy atom. The summed E-state index contributed by atoms with van der Waals surface area (Å²) in [5.41, 5.74) is 2.23. The first-order valence-electron chi connectivity index (χ1n) is 5.59. The molecule has 1 saturated carbocycles. The van der Waals surface area contributed by atoms with Gasteiger partial charge in [0, 0.05) is 4.47 Å². The molecule has 1 atom stereocenters. The maximum absolute atomic E-state index is 9.15. The summed E-state index contributed by atoms with van der Waals surface area (Å²) >= 11 is 3.47. The average molecular weight is 279 g/mol. The summed E-state index contributed by atoms with van der Waals surface area (Å²) in [6.07, 6.45) is 2.62. The van der Waals surface area contributed by atoms with Gasteiger partial charge >= 0.3 is 0 Å². The molecule has 0 heterocycles. The van der Waals surface area contributed by atoms with Crippen LogP contribution in [0.3, 0.4) is 0 Å². The van der Waals surface area contributed by atoms with Gasteiger partial charge in [0.05, 0.1) is 6.07 Å². The van der Waals surface area contributed by atoms with Gasteiger partial charge in [0.15, 0.2) is 0 Å². The monoisotopic (exact) mass is 278 g/mol. The molecule has 0 bridgehead atoms. The van der Waals surface area contributed by atoms with Gasteiger partial charge in [-0.05, 0) is 49.4 Å². The van der Waals surface area contributed by atoms with Gasteiger partial charge in [-0.3, -0.25) is 5.32 Å². The Bertz CT molecular complexity index is 418. The molecule has 84 valence electrons. The average Bonchev–Trinajstić information content (AvgIpc) is 3.08. The fraction of sp³-hybridized carbons (Fsp3) is 0.462. The minimum atomic E-state index is -0.174. The zero-order valence-electron chi connectivity index (χ0n) is 9.33. The molecule has 16 heavy (non-hydrogen) atoms. The summed E-state index contributed by atoms with van der Waals surface area (Å²) in [6, 6.07) is 8.23. The van der Waals surface area contributed by atoms with Crippen molar-refractivity contribution in [2.45, 2.75) is 25.8 Å². The molecule has 0 radical (unpaired) electrons. The van der Waals surface area contributed by atoms with Crippen LogP contribution in [0.4, 0.5) is 0 Å². The second-order valence-electron chi connectivity index (χ2n) is 4.42. The molecule has 1 fully saturated rings. The van der Waals surface area contributed by atoms with Gasteiger partial charge in [-0.1, -0.05) is 28.1 Å². The summed E-state index contributed by atoms with van der Waals surface area (Å²) < 4.78 is 1.09. The Balaban J connectivity index is 2.06. The SMILES string of the molecule is Cc1cc(C(C#N)NCC2CC2)ccc1Br. The Labute approximate surface area is 105 Å². The van der Waals surface area contributed by atoms with E-state index in [0.29, 0.717) is 0 Å². The van der Waals surface area contributed by atoms with Crippen LogP contribution in [-0.4, -0.2) is 6.54 Å². The molecule has 1 N–H and O–H groups in total. The second-order valence-corrected chi connectivity index (χ2v) is 5.28. The van der Waals surface area contributed by atoms with E-state index in [2.05, 4.69) is 33.4 Å². The van der Waals surface area contributed by atoms with Gasteiger partial charge in [0.1, 0.15) is 6.04 Å². The van der Waals surface area contributed by atoms with Crippen LogP contribution in [0.5, 0.6) is 0 Å². The number of benzene rings is 1. The maximum Gasteiger partial charge on any atom is 0.121 e. The first kappa shape index (κ1) is 11.6. The van der Waals surface area contributed by atoms with Crippen molar-refractivity contribution in [3.8, 4) is 6.07 Å². The summed E-state index contributed by atoms with van der Waals surface area (Å²) in [4.78, 5) is 0. The van der Waals surface area contributed by atoms with Crippen LogP contribution in [0.25, 0.3) is 0 Å². The van der Waals surface area contributed by atoms with E-state index < -0.39 is 0 Å². The van der Waals surface area contributed by atoms with E-state index in [0.717, 1.165) is 22.5 Å². The first-order chi connectivity index (χ1) is 7.70. The molecule has 0 aromatic heterocycles. The lowest BCUT2D eigenvalue weighted by molar-refractivity contribution is 0.592. The second kappa shape index (κ2) is 4.99. The summed E-state index contributed by atoms with van der Waals surface area (Å²) in [5.74, 6) is 0.799. The quantitative estimate of drug-likeness (QED) is 0.917. The third-order valence-corrected chi connectivity index (χ3v) is 3.84. The highest BCUT2D eigenvalue weighted by atomic mass is 79.9. The highest BCUT2D eigenvalue weighted by molar-refractivity contribution is 9.10. The minimum absolute atomic E-state index is 0.174. The third-order valence-electron chi connectivity index (χ3n) is 2.95. The van der Waals surface area contributed by atoms with E-state index in [1.807, 2.05) is 19.1 Å². The zero-order valence-corrected chi connectivity index (χ0v) is 10.9. The predicted octanol–water partition coefficient (Wildman–Crippen LogP) is 3.32. The fourth-order valence-corrected chi connectivity index (χ4v) is 1.94. The van der Waals surface area contributed by atoms with Crippen LogP contribution in [0, 0.1) is 24.2 Å². The minimum Gasteiger partial charge on any atom is -0.298 e. The Kier molecular flexibility index (Phi) is 3.63. The van der Waals surface area contributed by atoms with E-state index in [9.17, 15) is 0 Å². The van der Waals surface area contributed by atoms with Crippen LogP contribution in [0.1, 0.15) is 30.0 Å². The normalized spacial score (nSPS) is 16.8. The van der Waals surface area contributed by atoms with E-state index in [1.165, 1.54) is 18.4 Å². The van der Waals surface area contributed by atoms with Crippen LogP contribution < -0.4 is 5.32 Å². The number of nitrogens with zero attached hydrogens (tertiary/aromatic N) is 1. The lowest BCUT2D eigenvalue weighted by Crippen LogP contribution is -2.22. The maximum atomic E-state index is 9.15. The first-order valence-corrected chi connectivity index (χ1v) is 6.39. The van der Waals surface area contributed by atoms with Crippen molar-refractivity contribution in [1.82, 2.24) is 5.32 Å². The summed E-state index contributed by atoms with van der Waals surface area (Å²) in [5, 5.41) is 12.5. The van der Waals surface area contributed by atoms with Gasteiger partial charge in [-0.2, -0.15) is 5.26 Å². The van der Waals surface area contributed by atoms with Gasteiger partial charge in [0.2, 0.25) is 0 Å². The molecule has 0 saturated heterocycles. The van der Waals surface area contributed by atoms with Crippen LogP contribution >= 0.6 is 15.9 Å². The zero-order chi connectivity index (χ0) is 11.5. The molecule has 1 aliphatic rings. The van der Waals surface area contributed by atoms with E-state index >= 15 is 0 Å². The molecule has 1 aromatic carbocycles. The van der Waals surface area contributed by atoms with E-state index in [1.54, 1.807) is 0 Å². The van der Waals surface area contributed by atoms with Gasteiger partial charge < -0.3 is 0 Å². The third kappa shape index (κ3) is 2.84. The molecule has 1 aromatic rings. The van der Waals surface area contributed by atoms with Gasteiger partial charge in [0.25, 0.3) is 0 Å². The van der Waals surface area contributed by atoms with Crippen LogP contribution in [0.15, 0.2) is 22.7 Å². The number of hydrogen-bond donors (Lipinski definition) is 1. The Hall–Kier alpha value is -0.850. The number of halogens is 1. The van der Waals surface area contributed by atoms with Crippen molar-refractivity contribution in [2.75, 3.05) is 6.54 Å². The molecule has 0 aliphatic heterocycles. The van der Waals surface area contributed by atoms with Crippen molar-refractivity contribution < 1.29 is 0 Å². The van der Waals surface area contributed by atoms with Crippen molar-refractivity contribution in [1.29, 1.82) is 5.26 Å². The topological polar surface area (TPSA) is 35.8 Å². The highest BCUT2D eigenvalue weighted by Gasteiger charge is 2.22. The highest BCUT2D eigenvalue weighted by Crippen LogP contribution is 2.29. The van der Waals surface area contributed by atoms with Gasteiger partial charge in [-0.25, -0.2) is 0 Å². The number of aryl methyl sites for hydroxylation is 1. The number of nitriles is 1. The standard InChI is InChI=1S/C13H15BrN2/c1-9-6-11(4-5-12(9)14)13(7-15)16-8-10-2-3-10/h4-6,10,13,16H,2-3,8H2,1H3. The lowest BCUT2D eigenvalue weighted by atomic mass is 10.1. The van der Waals surface area contributed by atoms with Crippen LogP contribution in [-0.2, 0) is 0 Å². The largest absolute Gasteiger partial charge is 0.298 e. The van der Waals surface area contributed by atoms with Crippen molar-refractivity contribution in [3.05, 3.63) is 33.8 Å². The molecule has 0 amide bonds. The number of hydrogen-bond acceptors (Lipinski definition) is 2. The fourth-order valence-electron chi connectivity index (χ4n) is 1.69. The molecule has 2 nitrogen and oxygen atoms in total. The Morgan fingerprint density at radius 3 is 2.88 bits per heavy atom. The molecular formula is C13H15BrN2. The molecule has 1 aliphatic carbocycles.